The third kappa shape index (κ3) is 2.67. The lowest BCUT2D eigenvalue weighted by molar-refractivity contribution is 0.281. The van der Waals surface area contributed by atoms with Gasteiger partial charge in [0.2, 0.25) is 0 Å². The molecule has 1 aromatic rings. The van der Waals surface area contributed by atoms with Crippen molar-refractivity contribution < 1.29 is 5.11 Å². The third-order valence-corrected chi connectivity index (χ3v) is 1.91. The van der Waals surface area contributed by atoms with E-state index in [2.05, 4.69) is 13.0 Å². The molecule has 0 aliphatic rings. The second-order valence-electron chi connectivity index (χ2n) is 3.01. The Morgan fingerprint density at radius 1 is 1.33 bits per heavy atom. The van der Waals surface area contributed by atoms with Gasteiger partial charge in [-0.15, -0.1) is 0 Å². The fourth-order valence-electron chi connectivity index (χ4n) is 1.19. The van der Waals surface area contributed by atoms with Crippen LogP contribution in [0, 0.1) is 6.07 Å². The molecule has 12 heavy (non-hydrogen) atoms. The maximum atomic E-state index is 8.87. The number of hydrogen-bond donors (Lipinski definition) is 1. The van der Waals surface area contributed by atoms with E-state index in [9.17, 15) is 0 Å². The van der Waals surface area contributed by atoms with Gasteiger partial charge in [0.05, 0.1) is 6.61 Å². The molecule has 0 aliphatic heterocycles. The predicted molar refractivity (Wildman–Crippen MR) is 49.8 cm³/mol. The average Bonchev–Trinajstić information content (AvgIpc) is 2.15. The molecule has 0 aromatic heterocycles. The fourth-order valence-corrected chi connectivity index (χ4v) is 1.19. The number of unbranched alkanes of at least 4 members (excludes halogenated alkanes) is 1. The highest BCUT2D eigenvalue weighted by molar-refractivity contribution is 5.21. The molecule has 1 nitrogen and oxygen atoms in total. The summed E-state index contributed by atoms with van der Waals surface area (Å²) in [4.78, 5) is 0. The zero-order valence-corrected chi connectivity index (χ0v) is 7.51. The Labute approximate surface area is 74.1 Å². The van der Waals surface area contributed by atoms with Gasteiger partial charge in [0.15, 0.2) is 0 Å². The number of hydrogen-bond acceptors (Lipinski definition) is 1. The van der Waals surface area contributed by atoms with Crippen LogP contribution in [0.5, 0.6) is 0 Å². The van der Waals surface area contributed by atoms with Gasteiger partial charge >= 0.3 is 0 Å². The molecular formula is C11H15O. The SMILES string of the molecule is CCCCc1c[c]cc(CO)c1. The molecule has 0 atom stereocenters. The lowest BCUT2D eigenvalue weighted by Gasteiger charge is -2.01. The molecule has 0 spiro atoms. The van der Waals surface area contributed by atoms with Crippen LogP contribution in [0.1, 0.15) is 30.9 Å². The van der Waals surface area contributed by atoms with Crippen LogP contribution in [-0.2, 0) is 13.0 Å². The maximum absolute atomic E-state index is 8.87. The zero-order valence-electron chi connectivity index (χ0n) is 7.51. The summed E-state index contributed by atoms with van der Waals surface area (Å²) in [7, 11) is 0. The van der Waals surface area contributed by atoms with E-state index in [4.69, 9.17) is 5.11 Å². The number of aryl methyl sites for hydroxylation is 1. The Hall–Kier alpha value is -0.820. The molecule has 0 bridgehead atoms. The van der Waals surface area contributed by atoms with Crippen molar-refractivity contribution in [3.63, 3.8) is 0 Å². The van der Waals surface area contributed by atoms with E-state index >= 15 is 0 Å². The van der Waals surface area contributed by atoms with E-state index in [1.165, 1.54) is 18.4 Å². The van der Waals surface area contributed by atoms with Crippen molar-refractivity contribution in [1.82, 2.24) is 0 Å². The summed E-state index contributed by atoms with van der Waals surface area (Å²) < 4.78 is 0. The summed E-state index contributed by atoms with van der Waals surface area (Å²) in [5.41, 5.74) is 2.24. The van der Waals surface area contributed by atoms with Gasteiger partial charge in [-0.25, -0.2) is 0 Å². The summed E-state index contributed by atoms with van der Waals surface area (Å²) in [5.74, 6) is 0. The monoisotopic (exact) mass is 163 g/mol. The molecule has 0 amide bonds. The van der Waals surface area contributed by atoms with Crippen molar-refractivity contribution in [1.29, 1.82) is 0 Å². The molecular weight excluding hydrogens is 148 g/mol. The normalized spacial score (nSPS) is 10.2. The highest BCUT2D eigenvalue weighted by atomic mass is 16.3. The summed E-state index contributed by atoms with van der Waals surface area (Å²) in [5, 5.41) is 8.87. The topological polar surface area (TPSA) is 20.2 Å². The average molecular weight is 163 g/mol. The Kier molecular flexibility index (Phi) is 3.81. The van der Waals surface area contributed by atoms with Crippen LogP contribution in [0.25, 0.3) is 0 Å². The van der Waals surface area contributed by atoms with Crippen LogP contribution in [0.3, 0.4) is 0 Å². The van der Waals surface area contributed by atoms with Crippen LogP contribution in [0.15, 0.2) is 18.2 Å². The van der Waals surface area contributed by atoms with E-state index in [0.29, 0.717) is 0 Å². The predicted octanol–water partition coefficient (Wildman–Crippen LogP) is 2.32. The Morgan fingerprint density at radius 3 is 2.75 bits per heavy atom. The molecule has 0 saturated heterocycles. The van der Waals surface area contributed by atoms with Gasteiger partial charge in [-0.3, -0.25) is 0 Å². The minimum atomic E-state index is 0.121. The first-order chi connectivity index (χ1) is 5.86. The van der Waals surface area contributed by atoms with Crippen molar-refractivity contribution in [3.05, 3.63) is 35.4 Å². The standard InChI is InChI=1S/C11H15O/c1-2-3-5-10-6-4-7-11(8-10)9-12/h6-8,12H,2-3,5,9H2,1H3. The van der Waals surface area contributed by atoms with E-state index in [1.54, 1.807) is 0 Å². The van der Waals surface area contributed by atoms with E-state index < -0.39 is 0 Å². The summed E-state index contributed by atoms with van der Waals surface area (Å²) in [6.07, 6.45) is 3.52. The van der Waals surface area contributed by atoms with Gasteiger partial charge in [-0.05, 0) is 36.1 Å². The van der Waals surface area contributed by atoms with E-state index in [-0.39, 0.29) is 6.61 Å². The van der Waals surface area contributed by atoms with Crippen molar-refractivity contribution in [2.75, 3.05) is 0 Å². The number of aliphatic hydroxyl groups is 1. The van der Waals surface area contributed by atoms with Crippen LogP contribution in [0.4, 0.5) is 0 Å². The maximum Gasteiger partial charge on any atom is 0.0682 e. The molecule has 1 heteroatoms. The van der Waals surface area contributed by atoms with Crippen LogP contribution in [-0.4, -0.2) is 5.11 Å². The molecule has 1 rings (SSSR count). The molecule has 0 fully saturated rings. The smallest absolute Gasteiger partial charge is 0.0682 e. The molecule has 1 N–H and O–H groups in total. The Bertz CT molecular complexity index is 230. The molecule has 0 unspecified atom stereocenters. The van der Waals surface area contributed by atoms with Gasteiger partial charge in [-0.2, -0.15) is 0 Å². The van der Waals surface area contributed by atoms with Gasteiger partial charge in [-0.1, -0.05) is 25.5 Å². The highest BCUT2D eigenvalue weighted by Gasteiger charge is 1.94. The minimum absolute atomic E-state index is 0.121. The van der Waals surface area contributed by atoms with Crippen molar-refractivity contribution in [2.24, 2.45) is 0 Å². The van der Waals surface area contributed by atoms with Crippen LogP contribution in [0.2, 0.25) is 0 Å². The molecule has 1 radical (unpaired) electrons. The molecule has 65 valence electrons. The van der Waals surface area contributed by atoms with E-state index in [0.717, 1.165) is 12.0 Å². The van der Waals surface area contributed by atoms with Gasteiger partial charge in [0.1, 0.15) is 0 Å². The minimum Gasteiger partial charge on any atom is -0.392 e. The van der Waals surface area contributed by atoms with Crippen molar-refractivity contribution >= 4 is 0 Å². The van der Waals surface area contributed by atoms with Crippen molar-refractivity contribution in [2.45, 2.75) is 32.8 Å². The second-order valence-corrected chi connectivity index (χ2v) is 3.01. The Balaban J connectivity index is 2.60. The summed E-state index contributed by atoms with van der Waals surface area (Å²) in [6, 6.07) is 8.90. The first-order valence-electron chi connectivity index (χ1n) is 4.46. The summed E-state index contributed by atoms with van der Waals surface area (Å²) >= 11 is 0. The number of benzene rings is 1. The quantitative estimate of drug-likeness (QED) is 0.722. The highest BCUT2D eigenvalue weighted by Crippen LogP contribution is 2.07. The largest absolute Gasteiger partial charge is 0.392 e. The zero-order chi connectivity index (χ0) is 8.81. The van der Waals surface area contributed by atoms with Gasteiger partial charge < -0.3 is 5.11 Å². The lowest BCUT2D eigenvalue weighted by Crippen LogP contribution is -1.88. The number of aliphatic hydroxyl groups excluding tert-OH is 1. The second kappa shape index (κ2) is 4.94. The lowest BCUT2D eigenvalue weighted by atomic mass is 10.1. The first-order valence-corrected chi connectivity index (χ1v) is 4.46. The molecule has 0 saturated carbocycles. The first kappa shape index (κ1) is 9.27. The third-order valence-electron chi connectivity index (χ3n) is 1.91. The molecule has 0 heterocycles. The van der Waals surface area contributed by atoms with Gasteiger partial charge in [0, 0.05) is 0 Å². The van der Waals surface area contributed by atoms with Crippen LogP contribution >= 0.6 is 0 Å². The summed E-state index contributed by atoms with van der Waals surface area (Å²) in [6.45, 7) is 2.30. The van der Waals surface area contributed by atoms with Crippen molar-refractivity contribution in [3.8, 4) is 0 Å². The van der Waals surface area contributed by atoms with Gasteiger partial charge in [0.25, 0.3) is 0 Å². The Morgan fingerprint density at radius 2 is 2.08 bits per heavy atom. The number of rotatable bonds is 4. The van der Waals surface area contributed by atoms with E-state index in [1.807, 2.05) is 18.2 Å². The molecule has 1 aromatic carbocycles. The fraction of sp³-hybridized carbons (Fsp3) is 0.455. The van der Waals surface area contributed by atoms with Crippen LogP contribution < -0.4 is 0 Å². The molecule has 0 aliphatic carbocycles.